The summed E-state index contributed by atoms with van der Waals surface area (Å²) < 4.78 is 4.96. The van der Waals surface area contributed by atoms with E-state index in [1.807, 2.05) is 30.3 Å². The van der Waals surface area contributed by atoms with E-state index in [9.17, 15) is 4.79 Å². The van der Waals surface area contributed by atoms with Gasteiger partial charge in [-0.1, -0.05) is 60.7 Å². The summed E-state index contributed by atoms with van der Waals surface area (Å²) in [6, 6.07) is 22.2. The molecule has 0 spiro atoms. The molecule has 128 valence electrons. The number of esters is 1. The van der Waals surface area contributed by atoms with Gasteiger partial charge < -0.3 is 10.1 Å². The van der Waals surface area contributed by atoms with Crippen LogP contribution in [0.4, 0.5) is 0 Å². The molecule has 0 unspecified atom stereocenters. The van der Waals surface area contributed by atoms with E-state index in [0.717, 1.165) is 11.1 Å². The normalized spacial score (nSPS) is 11.9. The first-order valence-corrected chi connectivity index (χ1v) is 9.12. The van der Waals surface area contributed by atoms with Gasteiger partial charge in [0.1, 0.15) is 6.04 Å². The van der Waals surface area contributed by atoms with Crippen LogP contribution in [0.1, 0.15) is 11.1 Å². The second-order valence-corrected chi connectivity index (χ2v) is 6.77. The lowest BCUT2D eigenvalue weighted by atomic mass is 10.0. The molecule has 3 rings (SSSR count). The number of ether oxygens (including phenoxy) is 1. The minimum Gasteiger partial charge on any atom is -0.468 e. The van der Waals surface area contributed by atoms with Gasteiger partial charge in [0.25, 0.3) is 0 Å². The van der Waals surface area contributed by atoms with E-state index in [4.69, 9.17) is 4.74 Å². The molecule has 0 amide bonds. The number of hydrogen-bond donors (Lipinski definition) is 1. The number of hydrogen-bond acceptors (Lipinski definition) is 4. The lowest BCUT2D eigenvalue weighted by Crippen LogP contribution is -2.39. The largest absolute Gasteiger partial charge is 0.468 e. The SMILES string of the molecule is COC(=O)[C@H](Cc1ccc(-c2cccs2)cc1)NCc1ccccc1. The Morgan fingerprint density at radius 1 is 1.00 bits per heavy atom. The van der Waals surface area contributed by atoms with Gasteiger partial charge in [-0.25, -0.2) is 0 Å². The molecule has 1 heterocycles. The maximum atomic E-state index is 12.1. The van der Waals surface area contributed by atoms with Gasteiger partial charge in [0, 0.05) is 11.4 Å². The van der Waals surface area contributed by atoms with Crippen LogP contribution in [-0.2, 0) is 22.5 Å². The van der Waals surface area contributed by atoms with E-state index in [-0.39, 0.29) is 12.0 Å². The van der Waals surface area contributed by atoms with Gasteiger partial charge in [0.05, 0.1) is 7.11 Å². The number of carbonyl (C=O) groups excluding carboxylic acids is 1. The molecule has 0 aliphatic heterocycles. The Bertz CT molecular complexity index is 783. The zero-order valence-corrected chi connectivity index (χ0v) is 15.0. The summed E-state index contributed by atoms with van der Waals surface area (Å²) in [5.74, 6) is -0.238. The predicted molar refractivity (Wildman–Crippen MR) is 103 cm³/mol. The van der Waals surface area contributed by atoms with E-state index in [0.29, 0.717) is 13.0 Å². The smallest absolute Gasteiger partial charge is 0.323 e. The van der Waals surface area contributed by atoms with Crippen LogP contribution in [0.15, 0.2) is 72.1 Å². The summed E-state index contributed by atoms with van der Waals surface area (Å²) in [5.41, 5.74) is 3.45. The summed E-state index contributed by atoms with van der Waals surface area (Å²) in [7, 11) is 1.43. The van der Waals surface area contributed by atoms with Crippen LogP contribution in [-0.4, -0.2) is 19.1 Å². The Morgan fingerprint density at radius 3 is 2.40 bits per heavy atom. The Hall–Kier alpha value is -2.43. The topological polar surface area (TPSA) is 38.3 Å². The highest BCUT2D eigenvalue weighted by molar-refractivity contribution is 7.13. The van der Waals surface area contributed by atoms with E-state index in [1.165, 1.54) is 17.6 Å². The van der Waals surface area contributed by atoms with Crippen molar-refractivity contribution in [3.05, 3.63) is 83.2 Å². The first kappa shape index (κ1) is 17.4. The monoisotopic (exact) mass is 351 g/mol. The highest BCUT2D eigenvalue weighted by atomic mass is 32.1. The van der Waals surface area contributed by atoms with Gasteiger partial charge in [-0.05, 0) is 34.6 Å². The standard InChI is InChI=1S/C21H21NO2S/c1-24-21(23)19(22-15-17-6-3-2-4-7-17)14-16-9-11-18(12-10-16)20-8-5-13-25-20/h2-13,19,22H,14-15H2,1H3/t19-/m0/s1. The van der Waals surface area contributed by atoms with Gasteiger partial charge in [-0.15, -0.1) is 11.3 Å². The molecule has 4 heteroatoms. The predicted octanol–water partition coefficient (Wildman–Crippen LogP) is 4.29. The van der Waals surface area contributed by atoms with E-state index in [1.54, 1.807) is 11.3 Å². The summed E-state index contributed by atoms with van der Waals surface area (Å²) >= 11 is 1.72. The molecule has 1 atom stereocenters. The highest BCUT2D eigenvalue weighted by Crippen LogP contribution is 2.25. The highest BCUT2D eigenvalue weighted by Gasteiger charge is 2.19. The number of methoxy groups -OCH3 is 1. The summed E-state index contributed by atoms with van der Waals surface area (Å²) in [4.78, 5) is 13.4. The molecule has 2 aromatic carbocycles. The molecule has 0 radical (unpaired) electrons. The Kier molecular flexibility index (Phi) is 5.99. The zero-order chi connectivity index (χ0) is 17.5. The number of benzene rings is 2. The average molecular weight is 351 g/mol. The van der Waals surface area contributed by atoms with Crippen LogP contribution in [0.5, 0.6) is 0 Å². The van der Waals surface area contributed by atoms with Crippen molar-refractivity contribution < 1.29 is 9.53 Å². The van der Waals surface area contributed by atoms with Gasteiger partial charge in [-0.3, -0.25) is 4.79 Å². The van der Waals surface area contributed by atoms with E-state index >= 15 is 0 Å². The molecular formula is C21H21NO2S. The second kappa shape index (κ2) is 8.60. The third kappa shape index (κ3) is 4.78. The Morgan fingerprint density at radius 2 is 1.76 bits per heavy atom. The fourth-order valence-electron chi connectivity index (χ4n) is 2.70. The summed E-state index contributed by atoms with van der Waals surface area (Å²) in [6.07, 6.45) is 0.601. The van der Waals surface area contributed by atoms with Crippen LogP contribution >= 0.6 is 11.3 Å². The molecule has 0 aliphatic carbocycles. The molecule has 25 heavy (non-hydrogen) atoms. The maximum Gasteiger partial charge on any atom is 0.323 e. The molecule has 0 bridgehead atoms. The molecule has 0 saturated carbocycles. The second-order valence-electron chi connectivity index (χ2n) is 5.82. The lowest BCUT2D eigenvalue weighted by Gasteiger charge is -2.17. The first-order chi connectivity index (χ1) is 12.3. The average Bonchev–Trinajstić information content (AvgIpc) is 3.20. The van der Waals surface area contributed by atoms with Crippen LogP contribution < -0.4 is 5.32 Å². The zero-order valence-electron chi connectivity index (χ0n) is 14.1. The molecule has 0 aliphatic rings. The van der Waals surface area contributed by atoms with E-state index < -0.39 is 0 Å². The third-order valence-corrected chi connectivity index (χ3v) is 5.00. The van der Waals surface area contributed by atoms with E-state index in [2.05, 4.69) is 47.1 Å². The van der Waals surface area contributed by atoms with Crippen molar-refractivity contribution in [1.82, 2.24) is 5.32 Å². The van der Waals surface area contributed by atoms with Gasteiger partial charge >= 0.3 is 5.97 Å². The van der Waals surface area contributed by atoms with Gasteiger partial charge in [-0.2, -0.15) is 0 Å². The minimum absolute atomic E-state index is 0.238. The molecule has 3 nitrogen and oxygen atoms in total. The number of rotatable bonds is 7. The summed E-state index contributed by atoms with van der Waals surface area (Å²) in [6.45, 7) is 0.633. The quantitative estimate of drug-likeness (QED) is 0.645. The van der Waals surface area contributed by atoms with Crippen molar-refractivity contribution in [3.63, 3.8) is 0 Å². The lowest BCUT2D eigenvalue weighted by molar-refractivity contribution is -0.143. The van der Waals surface area contributed by atoms with Crippen LogP contribution in [0, 0.1) is 0 Å². The molecular weight excluding hydrogens is 330 g/mol. The number of thiophene rings is 1. The van der Waals surface area contributed by atoms with Crippen LogP contribution in [0.25, 0.3) is 10.4 Å². The molecule has 0 fully saturated rings. The number of nitrogens with one attached hydrogen (secondary N) is 1. The van der Waals surface area contributed by atoms with Crippen LogP contribution in [0.3, 0.4) is 0 Å². The third-order valence-electron chi connectivity index (χ3n) is 4.08. The Balaban J connectivity index is 1.66. The molecule has 1 aromatic heterocycles. The summed E-state index contributed by atoms with van der Waals surface area (Å²) in [5, 5.41) is 5.38. The van der Waals surface area contributed by atoms with Crippen molar-refractivity contribution in [1.29, 1.82) is 0 Å². The van der Waals surface area contributed by atoms with Crippen molar-refractivity contribution in [2.45, 2.75) is 19.0 Å². The Labute approximate surface area is 152 Å². The van der Waals surface area contributed by atoms with Gasteiger partial charge in [0.2, 0.25) is 0 Å². The van der Waals surface area contributed by atoms with Crippen LogP contribution in [0.2, 0.25) is 0 Å². The minimum atomic E-state index is -0.363. The van der Waals surface area contributed by atoms with Crippen molar-refractivity contribution >= 4 is 17.3 Å². The van der Waals surface area contributed by atoms with Crippen molar-refractivity contribution in [2.75, 3.05) is 7.11 Å². The first-order valence-electron chi connectivity index (χ1n) is 8.24. The molecule has 3 aromatic rings. The number of carbonyl (C=O) groups is 1. The molecule has 0 saturated heterocycles. The molecule has 1 N–H and O–H groups in total. The fraction of sp³-hybridized carbons (Fsp3) is 0.190. The van der Waals surface area contributed by atoms with Crippen molar-refractivity contribution in [2.24, 2.45) is 0 Å². The van der Waals surface area contributed by atoms with Crippen molar-refractivity contribution in [3.8, 4) is 10.4 Å². The maximum absolute atomic E-state index is 12.1. The van der Waals surface area contributed by atoms with Gasteiger partial charge in [0.15, 0.2) is 0 Å². The fourth-order valence-corrected chi connectivity index (χ4v) is 3.43.